The number of rotatable bonds is 1. The monoisotopic (exact) mass is 166 g/mol. The summed E-state index contributed by atoms with van der Waals surface area (Å²) in [7, 11) is 0. The fraction of sp³-hybridized carbons (Fsp3) is 0.750. The molecule has 1 aromatic heterocycles. The Bertz CT molecular complexity index is 266. The first-order chi connectivity index (χ1) is 5.77. The fourth-order valence-corrected chi connectivity index (χ4v) is 1.71. The van der Waals surface area contributed by atoms with Gasteiger partial charge in [-0.3, -0.25) is 0 Å². The van der Waals surface area contributed by atoms with Crippen LogP contribution < -0.4 is 5.73 Å². The van der Waals surface area contributed by atoms with Crippen molar-refractivity contribution in [1.82, 2.24) is 14.8 Å². The van der Waals surface area contributed by atoms with Crippen molar-refractivity contribution in [2.24, 2.45) is 11.7 Å². The molecule has 0 saturated heterocycles. The van der Waals surface area contributed by atoms with Gasteiger partial charge in [0.15, 0.2) is 0 Å². The second kappa shape index (κ2) is 2.86. The average molecular weight is 166 g/mol. The highest BCUT2D eigenvalue weighted by Gasteiger charge is 2.22. The number of hydrogen-bond acceptors (Lipinski definition) is 3. The maximum Gasteiger partial charge on any atom is 0.133 e. The Labute approximate surface area is 71.8 Å². The first kappa shape index (κ1) is 7.73. The number of aromatic nitrogens is 3. The molecule has 66 valence electrons. The standard InChI is InChI=1S/C8H14N4/c1-6(9)7-2-3-12-5-10-11-8(12)4-7/h5-7H,2-4,9H2,1H3. The summed E-state index contributed by atoms with van der Waals surface area (Å²) in [6.07, 6.45) is 3.94. The van der Waals surface area contributed by atoms with Crippen LogP contribution in [0.1, 0.15) is 19.2 Å². The van der Waals surface area contributed by atoms with Gasteiger partial charge in [-0.15, -0.1) is 10.2 Å². The van der Waals surface area contributed by atoms with E-state index in [4.69, 9.17) is 5.73 Å². The Morgan fingerprint density at radius 2 is 2.58 bits per heavy atom. The predicted octanol–water partition coefficient (Wildman–Crippen LogP) is 0.188. The van der Waals surface area contributed by atoms with Crippen molar-refractivity contribution in [2.45, 2.75) is 32.4 Å². The van der Waals surface area contributed by atoms with Gasteiger partial charge in [-0.25, -0.2) is 0 Å². The van der Waals surface area contributed by atoms with E-state index in [-0.39, 0.29) is 6.04 Å². The highest BCUT2D eigenvalue weighted by molar-refractivity contribution is 4.94. The summed E-state index contributed by atoms with van der Waals surface area (Å²) in [4.78, 5) is 0. The molecule has 0 spiro atoms. The average Bonchev–Trinajstić information content (AvgIpc) is 2.49. The van der Waals surface area contributed by atoms with E-state index >= 15 is 0 Å². The molecule has 1 aromatic rings. The van der Waals surface area contributed by atoms with E-state index in [2.05, 4.69) is 21.7 Å². The lowest BCUT2D eigenvalue weighted by Gasteiger charge is -2.25. The van der Waals surface area contributed by atoms with Crippen LogP contribution in [0.3, 0.4) is 0 Å². The predicted molar refractivity (Wildman–Crippen MR) is 45.5 cm³/mol. The lowest BCUT2D eigenvalue weighted by atomic mass is 9.92. The van der Waals surface area contributed by atoms with Crippen LogP contribution in [0.4, 0.5) is 0 Å². The fourth-order valence-electron chi connectivity index (χ4n) is 1.71. The molecule has 4 heteroatoms. The molecule has 0 bridgehead atoms. The molecule has 2 rings (SSSR count). The zero-order chi connectivity index (χ0) is 8.55. The van der Waals surface area contributed by atoms with Crippen molar-refractivity contribution in [3.8, 4) is 0 Å². The molecule has 4 nitrogen and oxygen atoms in total. The molecule has 2 heterocycles. The SMILES string of the molecule is CC(N)C1CCn2cnnc2C1. The molecule has 0 radical (unpaired) electrons. The topological polar surface area (TPSA) is 56.7 Å². The molecular weight excluding hydrogens is 152 g/mol. The van der Waals surface area contributed by atoms with Gasteiger partial charge in [0, 0.05) is 19.0 Å². The molecule has 0 aliphatic carbocycles. The van der Waals surface area contributed by atoms with Crippen LogP contribution in [0, 0.1) is 5.92 Å². The van der Waals surface area contributed by atoms with Crippen molar-refractivity contribution in [2.75, 3.05) is 0 Å². The Kier molecular flexibility index (Phi) is 1.84. The maximum atomic E-state index is 5.84. The van der Waals surface area contributed by atoms with Gasteiger partial charge in [-0.1, -0.05) is 0 Å². The zero-order valence-electron chi connectivity index (χ0n) is 7.27. The van der Waals surface area contributed by atoms with E-state index in [0.29, 0.717) is 5.92 Å². The quantitative estimate of drug-likeness (QED) is 0.647. The van der Waals surface area contributed by atoms with Gasteiger partial charge in [0.1, 0.15) is 12.2 Å². The molecule has 1 aliphatic rings. The van der Waals surface area contributed by atoms with Crippen LogP contribution in [0.15, 0.2) is 6.33 Å². The van der Waals surface area contributed by atoms with Gasteiger partial charge in [0.25, 0.3) is 0 Å². The minimum Gasteiger partial charge on any atom is -0.328 e. The van der Waals surface area contributed by atoms with Gasteiger partial charge in [0.2, 0.25) is 0 Å². The van der Waals surface area contributed by atoms with E-state index in [0.717, 1.165) is 25.2 Å². The first-order valence-electron chi connectivity index (χ1n) is 4.39. The minimum atomic E-state index is 0.274. The van der Waals surface area contributed by atoms with Crippen LogP contribution >= 0.6 is 0 Å². The van der Waals surface area contributed by atoms with Crippen LogP contribution in [0.25, 0.3) is 0 Å². The Balaban J connectivity index is 2.15. The lowest BCUT2D eigenvalue weighted by molar-refractivity contribution is 0.337. The molecule has 12 heavy (non-hydrogen) atoms. The van der Waals surface area contributed by atoms with Crippen molar-refractivity contribution in [1.29, 1.82) is 0 Å². The molecule has 2 atom stereocenters. The van der Waals surface area contributed by atoms with Crippen LogP contribution in [-0.4, -0.2) is 20.8 Å². The van der Waals surface area contributed by atoms with E-state index < -0.39 is 0 Å². The highest BCUT2D eigenvalue weighted by Crippen LogP contribution is 2.19. The van der Waals surface area contributed by atoms with E-state index in [1.165, 1.54) is 0 Å². The number of nitrogens with zero attached hydrogens (tertiary/aromatic N) is 3. The number of fused-ring (bicyclic) bond motifs is 1. The normalized spacial score (nSPS) is 25.0. The van der Waals surface area contributed by atoms with Gasteiger partial charge in [-0.2, -0.15) is 0 Å². The van der Waals surface area contributed by atoms with Crippen LogP contribution in [0.2, 0.25) is 0 Å². The molecule has 1 aliphatic heterocycles. The Hall–Kier alpha value is -0.900. The Morgan fingerprint density at radius 3 is 3.33 bits per heavy atom. The molecule has 0 amide bonds. The minimum absolute atomic E-state index is 0.274. The van der Waals surface area contributed by atoms with E-state index in [1.54, 1.807) is 6.33 Å². The summed E-state index contributed by atoms with van der Waals surface area (Å²) < 4.78 is 2.11. The van der Waals surface area contributed by atoms with Crippen molar-refractivity contribution in [3.63, 3.8) is 0 Å². The molecule has 0 aromatic carbocycles. The summed E-state index contributed by atoms with van der Waals surface area (Å²) in [5.74, 6) is 1.67. The van der Waals surface area contributed by atoms with Crippen LogP contribution in [-0.2, 0) is 13.0 Å². The molecular formula is C8H14N4. The highest BCUT2D eigenvalue weighted by atomic mass is 15.3. The molecule has 2 unspecified atom stereocenters. The zero-order valence-corrected chi connectivity index (χ0v) is 7.27. The molecule has 0 saturated carbocycles. The van der Waals surface area contributed by atoms with Gasteiger partial charge >= 0.3 is 0 Å². The summed E-state index contributed by atoms with van der Waals surface area (Å²) >= 11 is 0. The third-order valence-electron chi connectivity index (χ3n) is 2.62. The third-order valence-corrected chi connectivity index (χ3v) is 2.62. The number of hydrogen-bond donors (Lipinski definition) is 1. The van der Waals surface area contributed by atoms with E-state index in [9.17, 15) is 0 Å². The van der Waals surface area contributed by atoms with Crippen molar-refractivity contribution < 1.29 is 0 Å². The van der Waals surface area contributed by atoms with Gasteiger partial charge in [0.05, 0.1) is 0 Å². The summed E-state index contributed by atoms with van der Waals surface area (Å²) in [6.45, 7) is 3.09. The second-order valence-electron chi connectivity index (χ2n) is 3.55. The largest absolute Gasteiger partial charge is 0.328 e. The summed E-state index contributed by atoms with van der Waals surface area (Å²) in [6, 6.07) is 0.274. The van der Waals surface area contributed by atoms with E-state index in [1.807, 2.05) is 0 Å². The Morgan fingerprint density at radius 1 is 1.75 bits per heavy atom. The molecule has 2 N–H and O–H groups in total. The van der Waals surface area contributed by atoms with Gasteiger partial charge in [-0.05, 0) is 19.3 Å². The van der Waals surface area contributed by atoms with Crippen LogP contribution in [0.5, 0.6) is 0 Å². The van der Waals surface area contributed by atoms with Gasteiger partial charge < -0.3 is 10.3 Å². The maximum absolute atomic E-state index is 5.84. The van der Waals surface area contributed by atoms with Crippen molar-refractivity contribution in [3.05, 3.63) is 12.2 Å². The third kappa shape index (κ3) is 1.22. The van der Waals surface area contributed by atoms with Crippen molar-refractivity contribution >= 4 is 0 Å². The second-order valence-corrected chi connectivity index (χ2v) is 3.55. The number of nitrogens with two attached hydrogens (primary N) is 1. The lowest BCUT2D eigenvalue weighted by Crippen LogP contribution is -2.33. The number of aryl methyl sites for hydroxylation is 1. The smallest absolute Gasteiger partial charge is 0.133 e. The first-order valence-corrected chi connectivity index (χ1v) is 4.39. The summed E-state index contributed by atoms with van der Waals surface area (Å²) in [5, 5.41) is 7.92. The molecule has 0 fully saturated rings. The summed E-state index contributed by atoms with van der Waals surface area (Å²) in [5.41, 5.74) is 5.84.